The van der Waals surface area contributed by atoms with Crippen molar-refractivity contribution in [2.75, 3.05) is 78.5 Å². The van der Waals surface area contributed by atoms with E-state index < -0.39 is 0 Å². The van der Waals surface area contributed by atoms with Gasteiger partial charge in [0.25, 0.3) is 0 Å². The highest BCUT2D eigenvalue weighted by atomic mass is 15.2. The predicted molar refractivity (Wildman–Crippen MR) is 180 cm³/mol. The van der Waals surface area contributed by atoms with Crippen LogP contribution in [0, 0.1) is 0 Å². The fourth-order valence-corrected chi connectivity index (χ4v) is 4.65. The fourth-order valence-electron chi connectivity index (χ4n) is 4.65. The summed E-state index contributed by atoms with van der Waals surface area (Å²) >= 11 is 0. The molecule has 3 aromatic heterocycles. The minimum atomic E-state index is 0.648. The van der Waals surface area contributed by atoms with Gasteiger partial charge in [0, 0.05) is 76.6 Å². The van der Waals surface area contributed by atoms with Gasteiger partial charge < -0.3 is 0 Å². The summed E-state index contributed by atoms with van der Waals surface area (Å²) < 4.78 is 0. The van der Waals surface area contributed by atoms with E-state index in [0.29, 0.717) is 39.3 Å². The maximum atomic E-state index is 4.69. The molecule has 226 valence electrons. The Bertz CT molecular complexity index is 1230. The summed E-state index contributed by atoms with van der Waals surface area (Å²) in [6.07, 6.45) is 11.0. The number of fused-ring (bicyclic) bond motifs is 12. The molecule has 6 heterocycles. The van der Waals surface area contributed by atoms with E-state index in [1.165, 1.54) is 0 Å². The van der Waals surface area contributed by atoms with Gasteiger partial charge in [-0.15, -0.1) is 0 Å². The average Bonchev–Trinajstić information content (AvgIpc) is 3.04. The zero-order valence-electron chi connectivity index (χ0n) is 25.1. The molecule has 3 aromatic rings. The lowest BCUT2D eigenvalue weighted by molar-refractivity contribution is 0.298. The molecule has 3 aliphatic heterocycles. The van der Waals surface area contributed by atoms with Gasteiger partial charge in [-0.3, -0.25) is 39.8 Å². The maximum Gasteiger partial charge on any atom is 0.0815 e. The Morgan fingerprint density at radius 2 is 0.523 bits per heavy atom. The molecule has 0 saturated carbocycles. The molecule has 11 nitrogen and oxygen atoms in total. The quantitative estimate of drug-likeness (QED) is 0.399. The maximum absolute atomic E-state index is 4.69. The zero-order valence-corrected chi connectivity index (χ0v) is 25.1. The van der Waals surface area contributed by atoms with Crippen LogP contribution in [0.2, 0.25) is 0 Å². The summed E-state index contributed by atoms with van der Waals surface area (Å²) in [6.45, 7) is 8.60. The van der Waals surface area contributed by atoms with E-state index in [1.54, 1.807) is 0 Å². The predicted octanol–water partition coefficient (Wildman–Crippen LogP) is 2.42. The summed E-state index contributed by atoms with van der Waals surface area (Å²) in [4.78, 5) is 46.7. The van der Waals surface area contributed by atoms with Gasteiger partial charge >= 0.3 is 0 Å². The summed E-state index contributed by atoms with van der Waals surface area (Å²) in [7, 11) is 0. The Morgan fingerprint density at radius 3 is 0.727 bits per heavy atom. The van der Waals surface area contributed by atoms with Gasteiger partial charge in [-0.1, -0.05) is 18.2 Å². The van der Waals surface area contributed by atoms with Gasteiger partial charge in [-0.25, -0.2) is 15.0 Å². The first-order valence-corrected chi connectivity index (χ1v) is 15.1. The molecular formula is C33H39N11. The van der Waals surface area contributed by atoms with E-state index >= 15 is 0 Å². The highest BCUT2D eigenvalue weighted by Gasteiger charge is 2.06. The van der Waals surface area contributed by atoms with E-state index in [1.807, 2.05) is 91.9 Å². The third-order valence-electron chi connectivity index (χ3n) is 6.99. The Hall–Kier alpha value is -4.61. The van der Waals surface area contributed by atoms with Gasteiger partial charge in [0.2, 0.25) is 0 Å². The van der Waals surface area contributed by atoms with Crippen molar-refractivity contribution in [2.45, 2.75) is 0 Å². The lowest BCUT2D eigenvalue weighted by atomic mass is 10.3. The van der Waals surface area contributed by atoms with Gasteiger partial charge in [0.1, 0.15) is 0 Å². The Labute approximate surface area is 259 Å². The molecule has 0 radical (unpaired) electrons. The molecule has 6 rings (SSSR count). The molecule has 0 aromatic carbocycles. The van der Waals surface area contributed by atoms with Crippen LogP contribution in [-0.4, -0.2) is 141 Å². The highest BCUT2D eigenvalue weighted by Crippen LogP contribution is 2.00. The van der Waals surface area contributed by atoms with Crippen LogP contribution in [0.4, 0.5) is 0 Å². The molecule has 0 saturated heterocycles. The normalized spacial score (nSPS) is 20.5. The Morgan fingerprint density at radius 1 is 0.318 bits per heavy atom. The number of aromatic nitrogens is 3. The highest BCUT2D eigenvalue weighted by molar-refractivity contribution is 5.83. The summed E-state index contributed by atoms with van der Waals surface area (Å²) in [5.41, 5.74) is 4.92. The monoisotopic (exact) mass is 589 g/mol. The van der Waals surface area contributed by atoms with Crippen molar-refractivity contribution in [3.8, 4) is 0 Å². The third-order valence-corrected chi connectivity index (χ3v) is 6.99. The lowest BCUT2D eigenvalue weighted by Crippen LogP contribution is -2.31. The molecule has 0 amide bonds. The second-order valence-corrected chi connectivity index (χ2v) is 10.4. The fraction of sp³-hybridized carbons (Fsp3) is 0.364. The molecular weight excluding hydrogens is 550 g/mol. The number of rotatable bonds is 0. The largest absolute Gasteiger partial charge is 0.298 e. The third kappa shape index (κ3) is 10.9. The van der Waals surface area contributed by atoms with Crippen molar-refractivity contribution in [3.63, 3.8) is 0 Å². The number of nitrogens with zero attached hydrogens (tertiary/aromatic N) is 11. The molecule has 0 N–H and O–H groups in total. The molecule has 11 heteroatoms. The van der Waals surface area contributed by atoms with Gasteiger partial charge in [0.05, 0.1) is 73.4 Å². The molecule has 0 fully saturated rings. The smallest absolute Gasteiger partial charge is 0.0815 e. The average molecular weight is 590 g/mol. The first-order chi connectivity index (χ1) is 21.8. The molecule has 8 bridgehead atoms. The van der Waals surface area contributed by atoms with Crippen molar-refractivity contribution in [1.82, 2.24) is 24.8 Å². The second-order valence-electron chi connectivity index (χ2n) is 10.4. The standard InChI is InChI=1S/C33H39N11/c1-4-28-22-34-10-16-43-18-12-36-24-30-6-2-7-31(41-30)25-37-13-19-44(17-11-35-23-29(5-1)40-28)21-15-39-27-33-9-3-8-32(42-33)26-38-14-20-43/h1-9,22-27H,10-21H2. The molecule has 0 unspecified atom stereocenters. The van der Waals surface area contributed by atoms with Crippen LogP contribution in [0.25, 0.3) is 0 Å². The van der Waals surface area contributed by atoms with E-state index in [9.17, 15) is 0 Å². The van der Waals surface area contributed by atoms with Crippen molar-refractivity contribution in [1.29, 1.82) is 0 Å². The van der Waals surface area contributed by atoms with Crippen LogP contribution in [-0.2, 0) is 0 Å². The zero-order chi connectivity index (χ0) is 30.1. The summed E-state index contributed by atoms with van der Waals surface area (Å²) in [5.74, 6) is 0. The van der Waals surface area contributed by atoms with Crippen molar-refractivity contribution in [3.05, 3.63) is 88.8 Å². The topological polar surface area (TPSA) is 119 Å². The van der Waals surface area contributed by atoms with Crippen LogP contribution >= 0.6 is 0 Å². The molecule has 44 heavy (non-hydrogen) atoms. The van der Waals surface area contributed by atoms with Gasteiger partial charge in [0.15, 0.2) is 0 Å². The Balaban J connectivity index is 1.41. The molecule has 0 aliphatic carbocycles. The van der Waals surface area contributed by atoms with E-state index in [2.05, 4.69) is 54.7 Å². The van der Waals surface area contributed by atoms with Crippen LogP contribution in [0.15, 0.2) is 84.6 Å². The second kappa shape index (κ2) is 17.5. The molecule has 0 spiro atoms. The van der Waals surface area contributed by atoms with Gasteiger partial charge in [-0.05, 0) is 36.4 Å². The van der Waals surface area contributed by atoms with Crippen LogP contribution in [0.1, 0.15) is 34.2 Å². The van der Waals surface area contributed by atoms with Crippen molar-refractivity contribution >= 4 is 37.3 Å². The SMILES string of the molecule is C1=NCCN2CCN=Cc3cccc(n3)C=NCCN(CCN=Cc3cccc1n3)CCN=Cc1cccc(n1)C=NCC2. The number of hydrogen-bond donors (Lipinski definition) is 0. The Kier molecular flexibility index (Phi) is 12.3. The van der Waals surface area contributed by atoms with Crippen LogP contribution < -0.4 is 0 Å². The number of hydrogen-bond acceptors (Lipinski definition) is 11. The lowest BCUT2D eigenvalue weighted by Gasteiger charge is -2.19. The minimum absolute atomic E-state index is 0.648. The first kappa shape index (κ1) is 30.8. The number of pyridine rings is 3. The van der Waals surface area contributed by atoms with Crippen molar-refractivity contribution in [2.24, 2.45) is 30.0 Å². The van der Waals surface area contributed by atoms with E-state index in [0.717, 1.165) is 73.4 Å². The summed E-state index contributed by atoms with van der Waals surface area (Å²) in [6, 6.07) is 17.7. The first-order valence-electron chi connectivity index (χ1n) is 15.1. The van der Waals surface area contributed by atoms with Crippen molar-refractivity contribution < 1.29 is 0 Å². The van der Waals surface area contributed by atoms with Crippen LogP contribution in [0.5, 0.6) is 0 Å². The molecule has 3 aliphatic rings. The minimum Gasteiger partial charge on any atom is -0.298 e. The van der Waals surface area contributed by atoms with Gasteiger partial charge in [-0.2, -0.15) is 0 Å². The molecule has 0 atom stereocenters. The van der Waals surface area contributed by atoms with Crippen LogP contribution in [0.3, 0.4) is 0 Å². The van der Waals surface area contributed by atoms with E-state index in [-0.39, 0.29) is 0 Å². The van der Waals surface area contributed by atoms with E-state index in [4.69, 9.17) is 0 Å². The number of aliphatic imine (C=N–C) groups is 6. The summed E-state index contributed by atoms with van der Waals surface area (Å²) in [5, 5.41) is 0.